The maximum absolute atomic E-state index is 6.14. The van der Waals surface area contributed by atoms with Gasteiger partial charge in [-0.15, -0.1) is 0 Å². The topological polar surface area (TPSA) is 26.0 Å². The lowest BCUT2D eigenvalue weighted by Gasteiger charge is -2.42. The molecule has 15 heavy (non-hydrogen) atoms. The van der Waals surface area contributed by atoms with Gasteiger partial charge >= 0.3 is 0 Å². The predicted octanol–water partition coefficient (Wildman–Crippen LogP) is 3.87. The molecule has 2 N–H and O–H groups in total. The van der Waals surface area contributed by atoms with E-state index in [2.05, 4.69) is 0 Å². The standard InChI is InChI=1S/C14H27N/c15-12-14(10-6-1-2-7-11-14)13-8-4-3-5-9-13/h13H,1-12,15H2. The molecular weight excluding hydrogens is 182 g/mol. The van der Waals surface area contributed by atoms with Crippen LogP contribution in [0.15, 0.2) is 0 Å². The molecule has 88 valence electrons. The molecule has 0 radical (unpaired) electrons. The molecule has 0 aromatic heterocycles. The van der Waals surface area contributed by atoms with E-state index >= 15 is 0 Å². The van der Waals surface area contributed by atoms with Crippen molar-refractivity contribution in [3.63, 3.8) is 0 Å². The van der Waals surface area contributed by atoms with Gasteiger partial charge in [0.25, 0.3) is 0 Å². The minimum Gasteiger partial charge on any atom is -0.330 e. The van der Waals surface area contributed by atoms with Crippen molar-refractivity contribution in [1.29, 1.82) is 0 Å². The third-order valence-corrected chi connectivity index (χ3v) is 4.98. The van der Waals surface area contributed by atoms with Crippen LogP contribution in [0.1, 0.15) is 70.6 Å². The summed E-state index contributed by atoms with van der Waals surface area (Å²) in [6.07, 6.45) is 16.0. The lowest BCUT2D eigenvalue weighted by molar-refractivity contribution is 0.103. The highest BCUT2D eigenvalue weighted by molar-refractivity contribution is 4.90. The number of hydrogen-bond donors (Lipinski definition) is 1. The van der Waals surface area contributed by atoms with Crippen LogP contribution in [0.2, 0.25) is 0 Å². The molecule has 1 heteroatoms. The lowest BCUT2D eigenvalue weighted by Crippen LogP contribution is -2.38. The highest BCUT2D eigenvalue weighted by Crippen LogP contribution is 2.46. The first-order valence-electron chi connectivity index (χ1n) is 7.07. The smallest absolute Gasteiger partial charge is 0.00179 e. The van der Waals surface area contributed by atoms with Gasteiger partial charge in [-0.3, -0.25) is 0 Å². The number of rotatable bonds is 2. The van der Waals surface area contributed by atoms with E-state index in [-0.39, 0.29) is 0 Å². The summed E-state index contributed by atoms with van der Waals surface area (Å²) in [6, 6.07) is 0. The Bertz CT molecular complexity index is 174. The second-order valence-corrected chi connectivity index (χ2v) is 5.82. The van der Waals surface area contributed by atoms with Crippen LogP contribution in [-0.2, 0) is 0 Å². The highest BCUT2D eigenvalue weighted by atomic mass is 14.6. The molecule has 2 rings (SSSR count). The number of nitrogens with two attached hydrogens (primary N) is 1. The van der Waals surface area contributed by atoms with Gasteiger partial charge < -0.3 is 5.73 Å². The van der Waals surface area contributed by atoms with Gasteiger partial charge in [-0.2, -0.15) is 0 Å². The van der Waals surface area contributed by atoms with Crippen molar-refractivity contribution in [2.24, 2.45) is 17.1 Å². The molecule has 0 amide bonds. The van der Waals surface area contributed by atoms with Crippen LogP contribution in [0.3, 0.4) is 0 Å². The van der Waals surface area contributed by atoms with Crippen molar-refractivity contribution in [3.8, 4) is 0 Å². The van der Waals surface area contributed by atoms with Crippen LogP contribution < -0.4 is 5.73 Å². The Morgan fingerprint density at radius 1 is 0.800 bits per heavy atom. The molecule has 0 aliphatic heterocycles. The van der Waals surface area contributed by atoms with Gasteiger partial charge in [-0.05, 0) is 43.6 Å². The van der Waals surface area contributed by atoms with Crippen LogP contribution >= 0.6 is 0 Å². The van der Waals surface area contributed by atoms with Gasteiger partial charge in [0.2, 0.25) is 0 Å². The first kappa shape index (κ1) is 11.4. The number of hydrogen-bond acceptors (Lipinski definition) is 1. The van der Waals surface area contributed by atoms with Crippen molar-refractivity contribution < 1.29 is 0 Å². The molecule has 0 heterocycles. The van der Waals surface area contributed by atoms with Gasteiger partial charge in [0, 0.05) is 0 Å². The molecule has 0 spiro atoms. The zero-order valence-corrected chi connectivity index (χ0v) is 10.1. The van der Waals surface area contributed by atoms with Gasteiger partial charge in [0.1, 0.15) is 0 Å². The van der Waals surface area contributed by atoms with Crippen molar-refractivity contribution in [3.05, 3.63) is 0 Å². The zero-order valence-electron chi connectivity index (χ0n) is 10.1. The Kier molecular flexibility index (Phi) is 4.07. The predicted molar refractivity (Wildman–Crippen MR) is 65.8 cm³/mol. The van der Waals surface area contributed by atoms with Crippen LogP contribution in [0.25, 0.3) is 0 Å². The monoisotopic (exact) mass is 209 g/mol. The van der Waals surface area contributed by atoms with E-state index in [9.17, 15) is 0 Å². The Morgan fingerprint density at radius 3 is 1.87 bits per heavy atom. The Labute approximate surface area is 94.8 Å². The van der Waals surface area contributed by atoms with Crippen molar-refractivity contribution >= 4 is 0 Å². The Hall–Kier alpha value is -0.0400. The second kappa shape index (κ2) is 5.34. The fourth-order valence-electron chi connectivity index (χ4n) is 3.93. The molecule has 0 saturated heterocycles. The van der Waals surface area contributed by atoms with Gasteiger partial charge in [-0.25, -0.2) is 0 Å². The van der Waals surface area contributed by atoms with Gasteiger partial charge in [0.15, 0.2) is 0 Å². The summed E-state index contributed by atoms with van der Waals surface area (Å²) in [5.41, 5.74) is 6.69. The fourth-order valence-corrected chi connectivity index (χ4v) is 3.93. The third kappa shape index (κ3) is 2.55. The quantitative estimate of drug-likeness (QED) is 0.687. The van der Waals surface area contributed by atoms with Gasteiger partial charge in [0.05, 0.1) is 0 Å². The van der Waals surface area contributed by atoms with E-state index in [1.165, 1.54) is 70.6 Å². The van der Waals surface area contributed by atoms with E-state index in [1.807, 2.05) is 0 Å². The molecule has 1 nitrogen and oxygen atoms in total. The van der Waals surface area contributed by atoms with Crippen LogP contribution in [0.4, 0.5) is 0 Å². The summed E-state index contributed by atoms with van der Waals surface area (Å²) in [6.45, 7) is 0.956. The van der Waals surface area contributed by atoms with E-state index in [0.29, 0.717) is 5.41 Å². The van der Waals surface area contributed by atoms with Crippen molar-refractivity contribution in [2.75, 3.05) is 6.54 Å². The molecule has 2 fully saturated rings. The summed E-state index contributed by atoms with van der Waals surface area (Å²) in [7, 11) is 0. The second-order valence-electron chi connectivity index (χ2n) is 5.82. The summed E-state index contributed by atoms with van der Waals surface area (Å²) < 4.78 is 0. The first-order valence-corrected chi connectivity index (χ1v) is 7.07. The summed E-state index contributed by atoms with van der Waals surface area (Å²) >= 11 is 0. The molecule has 0 bridgehead atoms. The average molecular weight is 209 g/mol. The lowest BCUT2D eigenvalue weighted by atomic mass is 9.65. The molecule has 2 saturated carbocycles. The molecule has 2 aliphatic rings. The van der Waals surface area contributed by atoms with Crippen LogP contribution in [0.5, 0.6) is 0 Å². The Morgan fingerprint density at radius 2 is 1.33 bits per heavy atom. The maximum Gasteiger partial charge on any atom is -0.00179 e. The van der Waals surface area contributed by atoms with Crippen molar-refractivity contribution in [2.45, 2.75) is 70.6 Å². The van der Waals surface area contributed by atoms with E-state index in [0.717, 1.165) is 12.5 Å². The van der Waals surface area contributed by atoms with E-state index in [4.69, 9.17) is 5.73 Å². The maximum atomic E-state index is 6.14. The minimum absolute atomic E-state index is 0.552. The SMILES string of the molecule is NCC1(C2CCCCC2)CCCCCC1. The highest BCUT2D eigenvalue weighted by Gasteiger charge is 2.37. The van der Waals surface area contributed by atoms with Gasteiger partial charge in [-0.1, -0.05) is 44.9 Å². The molecular formula is C14H27N. The van der Waals surface area contributed by atoms with E-state index < -0.39 is 0 Å². The average Bonchev–Trinajstić information content (AvgIpc) is 2.56. The van der Waals surface area contributed by atoms with Crippen LogP contribution in [-0.4, -0.2) is 6.54 Å². The summed E-state index contributed by atoms with van der Waals surface area (Å²) in [5.74, 6) is 0.967. The molecule has 0 aromatic carbocycles. The van der Waals surface area contributed by atoms with Crippen LogP contribution in [0, 0.1) is 11.3 Å². The summed E-state index contributed by atoms with van der Waals surface area (Å²) in [4.78, 5) is 0. The normalized spacial score (nSPS) is 28.6. The molecule has 0 unspecified atom stereocenters. The zero-order chi connectivity index (χ0) is 10.6. The largest absolute Gasteiger partial charge is 0.330 e. The molecule has 0 aromatic rings. The fraction of sp³-hybridized carbons (Fsp3) is 1.00. The Balaban J connectivity index is 2.03. The molecule has 0 atom stereocenters. The first-order chi connectivity index (χ1) is 7.37. The minimum atomic E-state index is 0.552. The third-order valence-electron chi connectivity index (χ3n) is 4.98. The summed E-state index contributed by atoms with van der Waals surface area (Å²) in [5, 5.41) is 0. The van der Waals surface area contributed by atoms with E-state index in [1.54, 1.807) is 0 Å². The van der Waals surface area contributed by atoms with Crippen molar-refractivity contribution in [1.82, 2.24) is 0 Å². The molecule has 2 aliphatic carbocycles.